The largest absolute Gasteiger partial charge is 0.344 e. The summed E-state index contributed by atoms with van der Waals surface area (Å²) in [5.74, 6) is -0.259. The molecule has 0 aliphatic rings. The number of aromatic nitrogens is 1. The number of nitrogens with one attached hydrogen (secondary N) is 1. The molecule has 1 amide bonds. The Bertz CT molecular complexity index is 644. The number of hydrogen-bond donors (Lipinski definition) is 1. The second-order valence-electron chi connectivity index (χ2n) is 4.29. The Hall–Kier alpha value is -2.19. The van der Waals surface area contributed by atoms with Crippen LogP contribution in [0, 0.1) is 11.3 Å². The van der Waals surface area contributed by atoms with Crippen LogP contribution in [-0.4, -0.2) is 10.9 Å². The third-order valence-electron chi connectivity index (χ3n) is 2.84. The first-order chi connectivity index (χ1) is 9.60. The van der Waals surface area contributed by atoms with E-state index in [2.05, 4.69) is 26.2 Å². The lowest BCUT2D eigenvalue weighted by Gasteiger charge is -2.14. The van der Waals surface area contributed by atoms with Gasteiger partial charge in [-0.2, -0.15) is 5.26 Å². The zero-order valence-corrected chi connectivity index (χ0v) is 12.4. The van der Waals surface area contributed by atoms with Crippen LogP contribution in [0.25, 0.3) is 0 Å². The van der Waals surface area contributed by atoms with Crippen LogP contribution in [-0.2, 0) is 0 Å². The minimum Gasteiger partial charge on any atom is -0.344 e. The molecule has 0 spiro atoms. The van der Waals surface area contributed by atoms with Crippen LogP contribution in [0.2, 0.25) is 0 Å². The summed E-state index contributed by atoms with van der Waals surface area (Å²) < 4.78 is 0.994. The molecule has 100 valence electrons. The van der Waals surface area contributed by atoms with E-state index >= 15 is 0 Å². The van der Waals surface area contributed by atoms with Crippen molar-refractivity contribution in [3.63, 3.8) is 0 Å². The lowest BCUT2D eigenvalue weighted by atomic mass is 10.1. The molecule has 4 nitrogen and oxygen atoms in total. The minimum atomic E-state index is -0.259. The first-order valence-electron chi connectivity index (χ1n) is 6.02. The summed E-state index contributed by atoms with van der Waals surface area (Å²) in [4.78, 5) is 16.0. The Labute approximate surface area is 125 Å². The van der Waals surface area contributed by atoms with Gasteiger partial charge in [-0.05, 0) is 36.8 Å². The second-order valence-corrected chi connectivity index (χ2v) is 5.21. The molecule has 1 aromatic heterocycles. The van der Waals surface area contributed by atoms with Gasteiger partial charge in [-0.15, -0.1) is 0 Å². The van der Waals surface area contributed by atoms with Crippen LogP contribution < -0.4 is 5.32 Å². The van der Waals surface area contributed by atoms with Crippen molar-refractivity contribution < 1.29 is 4.79 Å². The SMILES string of the molecule is CC(NC(=O)c1ccc(C#N)cn1)c1ccc(Br)cc1. The van der Waals surface area contributed by atoms with E-state index in [0.29, 0.717) is 11.3 Å². The molecule has 0 saturated heterocycles. The number of carbonyl (C=O) groups excluding carboxylic acids is 1. The molecule has 20 heavy (non-hydrogen) atoms. The number of nitrogens with zero attached hydrogens (tertiary/aromatic N) is 2. The van der Waals surface area contributed by atoms with E-state index < -0.39 is 0 Å². The standard InChI is InChI=1S/C15H12BrN3O/c1-10(12-3-5-13(16)6-4-12)19-15(20)14-7-2-11(8-17)9-18-14/h2-7,9-10H,1H3,(H,19,20). The third kappa shape index (κ3) is 3.43. The van der Waals surface area contributed by atoms with Crippen molar-refractivity contribution in [3.8, 4) is 6.07 Å². The molecule has 1 unspecified atom stereocenters. The average molecular weight is 330 g/mol. The molecule has 0 bridgehead atoms. The van der Waals surface area contributed by atoms with Crippen molar-refractivity contribution in [3.05, 3.63) is 63.9 Å². The van der Waals surface area contributed by atoms with E-state index in [0.717, 1.165) is 10.0 Å². The highest BCUT2D eigenvalue weighted by molar-refractivity contribution is 9.10. The van der Waals surface area contributed by atoms with Crippen molar-refractivity contribution >= 4 is 21.8 Å². The van der Waals surface area contributed by atoms with Gasteiger partial charge < -0.3 is 5.32 Å². The van der Waals surface area contributed by atoms with Gasteiger partial charge in [0.1, 0.15) is 11.8 Å². The van der Waals surface area contributed by atoms with Crippen LogP contribution in [0.1, 0.15) is 34.6 Å². The van der Waals surface area contributed by atoms with Crippen molar-refractivity contribution in [2.24, 2.45) is 0 Å². The first kappa shape index (κ1) is 14.2. The highest BCUT2D eigenvalue weighted by atomic mass is 79.9. The van der Waals surface area contributed by atoms with Gasteiger partial charge in [0, 0.05) is 10.7 Å². The summed E-state index contributed by atoms with van der Waals surface area (Å²) in [5.41, 5.74) is 1.74. The van der Waals surface area contributed by atoms with Gasteiger partial charge >= 0.3 is 0 Å². The summed E-state index contributed by atoms with van der Waals surface area (Å²) in [7, 11) is 0. The number of amides is 1. The van der Waals surface area contributed by atoms with E-state index in [1.54, 1.807) is 12.1 Å². The van der Waals surface area contributed by atoms with Gasteiger partial charge in [0.05, 0.1) is 11.6 Å². The molecule has 0 saturated carbocycles. The zero-order valence-electron chi connectivity index (χ0n) is 10.8. The molecule has 1 heterocycles. The number of hydrogen-bond acceptors (Lipinski definition) is 3. The molecule has 2 rings (SSSR count). The smallest absolute Gasteiger partial charge is 0.270 e. The average Bonchev–Trinajstić information content (AvgIpc) is 2.48. The molecule has 1 aromatic carbocycles. The van der Waals surface area contributed by atoms with E-state index in [4.69, 9.17) is 5.26 Å². The number of halogens is 1. The third-order valence-corrected chi connectivity index (χ3v) is 3.37. The first-order valence-corrected chi connectivity index (χ1v) is 6.82. The fourth-order valence-electron chi connectivity index (χ4n) is 1.70. The van der Waals surface area contributed by atoms with Gasteiger partial charge in [-0.1, -0.05) is 28.1 Å². The quantitative estimate of drug-likeness (QED) is 0.940. The van der Waals surface area contributed by atoms with E-state index in [1.807, 2.05) is 37.3 Å². The fraction of sp³-hybridized carbons (Fsp3) is 0.133. The molecule has 1 atom stereocenters. The number of nitriles is 1. The number of rotatable bonds is 3. The Morgan fingerprint density at radius 2 is 2.00 bits per heavy atom. The van der Waals surface area contributed by atoms with Gasteiger partial charge in [-0.25, -0.2) is 4.98 Å². The van der Waals surface area contributed by atoms with Crippen molar-refractivity contribution in [2.75, 3.05) is 0 Å². The lowest BCUT2D eigenvalue weighted by molar-refractivity contribution is 0.0935. The summed E-state index contributed by atoms with van der Waals surface area (Å²) in [5, 5.41) is 11.6. The van der Waals surface area contributed by atoms with Crippen LogP contribution in [0.4, 0.5) is 0 Å². The molecule has 5 heteroatoms. The Morgan fingerprint density at radius 1 is 1.30 bits per heavy atom. The number of benzene rings is 1. The van der Waals surface area contributed by atoms with Gasteiger partial charge in [-0.3, -0.25) is 4.79 Å². The Morgan fingerprint density at radius 3 is 2.55 bits per heavy atom. The van der Waals surface area contributed by atoms with Gasteiger partial charge in [0.25, 0.3) is 5.91 Å². The second kappa shape index (κ2) is 6.31. The van der Waals surface area contributed by atoms with Gasteiger partial charge in [0.2, 0.25) is 0 Å². The lowest BCUT2D eigenvalue weighted by Crippen LogP contribution is -2.27. The van der Waals surface area contributed by atoms with E-state index in [-0.39, 0.29) is 11.9 Å². The Balaban J connectivity index is 2.06. The van der Waals surface area contributed by atoms with E-state index in [9.17, 15) is 4.79 Å². The molecule has 1 N–H and O–H groups in total. The maximum absolute atomic E-state index is 12.0. The number of carbonyl (C=O) groups is 1. The molecular formula is C15H12BrN3O. The summed E-state index contributed by atoms with van der Waals surface area (Å²) >= 11 is 3.37. The van der Waals surface area contributed by atoms with Crippen LogP contribution in [0.5, 0.6) is 0 Å². The zero-order chi connectivity index (χ0) is 14.5. The van der Waals surface area contributed by atoms with Gasteiger partial charge in [0.15, 0.2) is 0 Å². The summed E-state index contributed by atoms with van der Waals surface area (Å²) in [6.45, 7) is 1.91. The van der Waals surface area contributed by atoms with Crippen LogP contribution in [0.3, 0.4) is 0 Å². The van der Waals surface area contributed by atoms with Crippen molar-refractivity contribution in [2.45, 2.75) is 13.0 Å². The fourth-order valence-corrected chi connectivity index (χ4v) is 1.96. The van der Waals surface area contributed by atoms with Crippen LogP contribution >= 0.6 is 15.9 Å². The monoisotopic (exact) mass is 329 g/mol. The predicted octanol–water partition coefficient (Wildman–Crippen LogP) is 3.21. The van der Waals surface area contributed by atoms with Crippen molar-refractivity contribution in [1.82, 2.24) is 10.3 Å². The maximum Gasteiger partial charge on any atom is 0.270 e. The molecule has 0 fully saturated rings. The van der Waals surface area contributed by atoms with Crippen molar-refractivity contribution in [1.29, 1.82) is 5.26 Å². The molecular weight excluding hydrogens is 318 g/mol. The highest BCUT2D eigenvalue weighted by Gasteiger charge is 2.12. The number of pyridine rings is 1. The molecule has 0 aliphatic heterocycles. The summed E-state index contributed by atoms with van der Waals surface area (Å²) in [6, 6.07) is 12.7. The molecule has 0 radical (unpaired) electrons. The molecule has 2 aromatic rings. The van der Waals surface area contributed by atoms with Crippen LogP contribution in [0.15, 0.2) is 47.1 Å². The highest BCUT2D eigenvalue weighted by Crippen LogP contribution is 2.16. The topological polar surface area (TPSA) is 65.8 Å². The maximum atomic E-state index is 12.0. The normalized spacial score (nSPS) is 11.4. The molecule has 0 aliphatic carbocycles. The Kier molecular flexibility index (Phi) is 4.49. The summed E-state index contributed by atoms with van der Waals surface area (Å²) in [6.07, 6.45) is 1.39. The predicted molar refractivity (Wildman–Crippen MR) is 79.0 cm³/mol. The van der Waals surface area contributed by atoms with E-state index in [1.165, 1.54) is 6.20 Å². The minimum absolute atomic E-state index is 0.118.